The van der Waals surface area contributed by atoms with E-state index in [2.05, 4.69) is 0 Å². The molecule has 2 fully saturated rings. The van der Waals surface area contributed by atoms with Gasteiger partial charge < -0.3 is 4.74 Å². The third-order valence-electron chi connectivity index (χ3n) is 5.76. The molecule has 0 N–H and O–H groups in total. The molecule has 0 radical (unpaired) electrons. The number of methoxy groups -OCH3 is 1. The van der Waals surface area contributed by atoms with Crippen LogP contribution in [-0.4, -0.2) is 43.7 Å². The summed E-state index contributed by atoms with van der Waals surface area (Å²) < 4.78 is 33.5. The van der Waals surface area contributed by atoms with Crippen molar-refractivity contribution in [3.63, 3.8) is 0 Å². The molecule has 0 bridgehead atoms. The van der Waals surface area contributed by atoms with Gasteiger partial charge in [0, 0.05) is 6.04 Å². The van der Waals surface area contributed by atoms with Crippen molar-refractivity contribution in [2.75, 3.05) is 12.0 Å². The lowest BCUT2D eigenvalue weighted by atomic mass is 10.2. The molecule has 4 rings (SSSR count). The number of benzene rings is 2. The smallest absolute Gasteiger partial charge is 0.252 e. The molecule has 1 saturated heterocycles. The topological polar surface area (TPSA) is 84.0 Å². The SMILES string of the molecule is COc1ccc(N2C(=O)CC(N(C3CCCC3)S(=O)(=O)c3ccccc3)C2=O)cc1. The number of hydrogen-bond acceptors (Lipinski definition) is 5. The van der Waals surface area contributed by atoms with Gasteiger partial charge in [-0.05, 0) is 49.2 Å². The molecule has 1 aliphatic heterocycles. The van der Waals surface area contributed by atoms with Crippen LogP contribution < -0.4 is 9.64 Å². The predicted octanol–water partition coefficient (Wildman–Crippen LogP) is 2.96. The summed E-state index contributed by atoms with van der Waals surface area (Å²) in [4.78, 5) is 27.3. The van der Waals surface area contributed by atoms with E-state index >= 15 is 0 Å². The zero-order valence-corrected chi connectivity index (χ0v) is 17.5. The fourth-order valence-corrected chi connectivity index (χ4v) is 6.16. The van der Waals surface area contributed by atoms with Crippen molar-refractivity contribution in [3.8, 4) is 5.75 Å². The van der Waals surface area contributed by atoms with Crippen LogP contribution in [-0.2, 0) is 19.6 Å². The monoisotopic (exact) mass is 428 g/mol. The Morgan fingerprint density at radius 3 is 2.20 bits per heavy atom. The average Bonchev–Trinajstić information content (AvgIpc) is 3.37. The number of hydrogen-bond donors (Lipinski definition) is 0. The molecular formula is C22H24N2O5S. The molecule has 0 spiro atoms. The molecule has 2 aliphatic rings. The second-order valence-electron chi connectivity index (χ2n) is 7.57. The highest BCUT2D eigenvalue weighted by molar-refractivity contribution is 7.89. The van der Waals surface area contributed by atoms with Crippen LogP contribution >= 0.6 is 0 Å². The number of carbonyl (C=O) groups excluding carboxylic acids is 2. The van der Waals surface area contributed by atoms with Crippen molar-refractivity contribution in [1.82, 2.24) is 4.31 Å². The first-order valence-corrected chi connectivity index (χ1v) is 11.5. The van der Waals surface area contributed by atoms with Crippen molar-refractivity contribution in [2.24, 2.45) is 0 Å². The summed E-state index contributed by atoms with van der Waals surface area (Å²) in [6.45, 7) is 0. The first kappa shape index (κ1) is 20.6. The Bertz CT molecular complexity index is 1030. The Hall–Kier alpha value is -2.71. The van der Waals surface area contributed by atoms with Crippen LogP contribution in [0.4, 0.5) is 5.69 Å². The number of nitrogens with zero attached hydrogens (tertiary/aromatic N) is 2. The summed E-state index contributed by atoms with van der Waals surface area (Å²) in [5.41, 5.74) is 0.414. The van der Waals surface area contributed by atoms with Gasteiger partial charge in [0.15, 0.2) is 0 Å². The highest BCUT2D eigenvalue weighted by Gasteiger charge is 2.49. The van der Waals surface area contributed by atoms with Gasteiger partial charge in [0.05, 0.1) is 24.1 Å². The minimum atomic E-state index is -3.93. The van der Waals surface area contributed by atoms with E-state index in [1.54, 1.807) is 42.5 Å². The zero-order chi connectivity index (χ0) is 21.3. The maximum absolute atomic E-state index is 13.5. The molecule has 2 aromatic carbocycles. The fraction of sp³-hybridized carbons (Fsp3) is 0.364. The highest BCUT2D eigenvalue weighted by atomic mass is 32.2. The van der Waals surface area contributed by atoms with Crippen LogP contribution in [0.5, 0.6) is 5.75 Å². The van der Waals surface area contributed by atoms with Gasteiger partial charge in [-0.1, -0.05) is 31.0 Å². The maximum atomic E-state index is 13.5. The van der Waals surface area contributed by atoms with Gasteiger partial charge >= 0.3 is 0 Å². The Labute approximate surface area is 176 Å². The Morgan fingerprint density at radius 2 is 1.60 bits per heavy atom. The van der Waals surface area contributed by atoms with Crippen LogP contribution in [0, 0.1) is 0 Å². The predicted molar refractivity (Wildman–Crippen MR) is 112 cm³/mol. The minimum Gasteiger partial charge on any atom is -0.497 e. The summed E-state index contributed by atoms with van der Waals surface area (Å²) in [6.07, 6.45) is 3.03. The van der Waals surface area contributed by atoms with E-state index in [4.69, 9.17) is 4.74 Å². The number of sulfonamides is 1. The molecule has 1 heterocycles. The highest BCUT2D eigenvalue weighted by Crippen LogP contribution is 2.35. The molecule has 1 atom stereocenters. The van der Waals surface area contributed by atoms with E-state index in [0.717, 1.165) is 17.7 Å². The van der Waals surface area contributed by atoms with E-state index in [-0.39, 0.29) is 17.4 Å². The first-order valence-electron chi connectivity index (χ1n) is 10.0. The Morgan fingerprint density at radius 1 is 0.967 bits per heavy atom. The van der Waals surface area contributed by atoms with Crippen molar-refractivity contribution in [2.45, 2.75) is 49.1 Å². The van der Waals surface area contributed by atoms with Crippen molar-refractivity contribution in [1.29, 1.82) is 0 Å². The number of anilines is 1. The van der Waals surface area contributed by atoms with Gasteiger partial charge in [0.25, 0.3) is 5.91 Å². The quantitative estimate of drug-likeness (QED) is 0.661. The van der Waals surface area contributed by atoms with Crippen LogP contribution in [0.25, 0.3) is 0 Å². The molecule has 7 nitrogen and oxygen atoms in total. The molecular weight excluding hydrogens is 404 g/mol. The van der Waals surface area contributed by atoms with E-state index < -0.39 is 27.9 Å². The van der Waals surface area contributed by atoms with Crippen LogP contribution in [0.2, 0.25) is 0 Å². The summed E-state index contributed by atoms with van der Waals surface area (Å²) in [5.74, 6) is -0.299. The van der Waals surface area contributed by atoms with E-state index in [1.165, 1.54) is 23.5 Å². The lowest BCUT2D eigenvalue weighted by molar-refractivity contribution is -0.122. The largest absolute Gasteiger partial charge is 0.497 e. The minimum absolute atomic E-state index is 0.139. The number of carbonyl (C=O) groups is 2. The van der Waals surface area contributed by atoms with Crippen molar-refractivity contribution in [3.05, 3.63) is 54.6 Å². The van der Waals surface area contributed by atoms with Crippen molar-refractivity contribution >= 4 is 27.5 Å². The average molecular weight is 429 g/mol. The zero-order valence-electron chi connectivity index (χ0n) is 16.7. The Kier molecular flexibility index (Phi) is 5.62. The molecule has 30 heavy (non-hydrogen) atoms. The molecule has 1 unspecified atom stereocenters. The molecule has 1 aliphatic carbocycles. The summed E-state index contributed by atoms with van der Waals surface area (Å²) in [6, 6.07) is 13.4. The lowest BCUT2D eigenvalue weighted by Crippen LogP contribution is -2.49. The molecule has 2 amide bonds. The van der Waals surface area contributed by atoms with E-state index in [1.807, 2.05) is 0 Å². The fourth-order valence-electron chi connectivity index (χ4n) is 4.31. The third-order valence-corrected chi connectivity index (χ3v) is 7.74. The van der Waals surface area contributed by atoms with Gasteiger partial charge in [0.1, 0.15) is 11.8 Å². The van der Waals surface area contributed by atoms with E-state index in [0.29, 0.717) is 24.3 Å². The van der Waals surface area contributed by atoms with Crippen LogP contribution in [0.3, 0.4) is 0 Å². The molecule has 1 saturated carbocycles. The summed E-state index contributed by atoms with van der Waals surface area (Å²) in [5, 5.41) is 0. The third kappa shape index (κ3) is 3.61. The molecule has 8 heteroatoms. The molecule has 0 aromatic heterocycles. The second kappa shape index (κ2) is 8.20. The summed E-state index contributed by atoms with van der Waals surface area (Å²) >= 11 is 0. The number of imide groups is 1. The van der Waals surface area contributed by atoms with Crippen LogP contribution in [0.15, 0.2) is 59.5 Å². The number of rotatable bonds is 6. The second-order valence-corrected chi connectivity index (χ2v) is 9.41. The van der Waals surface area contributed by atoms with Gasteiger partial charge in [-0.25, -0.2) is 13.3 Å². The first-order chi connectivity index (χ1) is 14.4. The normalized spacial score (nSPS) is 20.3. The maximum Gasteiger partial charge on any atom is 0.252 e. The van der Waals surface area contributed by atoms with Gasteiger partial charge in [-0.3, -0.25) is 9.59 Å². The van der Waals surface area contributed by atoms with Crippen LogP contribution in [0.1, 0.15) is 32.1 Å². The standard InChI is InChI=1S/C22H24N2O5S/c1-29-18-13-11-16(12-14-18)23-21(25)15-20(22(23)26)24(17-7-5-6-8-17)30(27,28)19-9-3-2-4-10-19/h2-4,9-14,17,20H,5-8,15H2,1H3. The number of ether oxygens (including phenoxy) is 1. The van der Waals surface area contributed by atoms with E-state index in [9.17, 15) is 18.0 Å². The molecule has 2 aromatic rings. The molecule has 158 valence electrons. The van der Waals surface area contributed by atoms with Gasteiger partial charge in [0.2, 0.25) is 15.9 Å². The van der Waals surface area contributed by atoms with Gasteiger partial charge in [-0.15, -0.1) is 0 Å². The Balaban J connectivity index is 1.71. The number of amides is 2. The van der Waals surface area contributed by atoms with Crippen molar-refractivity contribution < 1.29 is 22.7 Å². The summed E-state index contributed by atoms with van der Waals surface area (Å²) in [7, 11) is -2.39. The van der Waals surface area contributed by atoms with Gasteiger partial charge in [-0.2, -0.15) is 4.31 Å². The lowest BCUT2D eigenvalue weighted by Gasteiger charge is -2.32.